The zero-order valence-electron chi connectivity index (χ0n) is 15.6. The van der Waals surface area contributed by atoms with Gasteiger partial charge >= 0.3 is 0 Å². The van der Waals surface area contributed by atoms with Crippen molar-refractivity contribution < 1.29 is 13.2 Å². The van der Waals surface area contributed by atoms with Crippen LogP contribution in [0.2, 0.25) is 10.0 Å². The van der Waals surface area contributed by atoms with Gasteiger partial charge in [0.2, 0.25) is 15.9 Å². The second-order valence-electron chi connectivity index (χ2n) is 6.76. The molecule has 1 unspecified atom stereocenters. The van der Waals surface area contributed by atoms with Gasteiger partial charge in [0.25, 0.3) is 0 Å². The first-order valence-corrected chi connectivity index (χ1v) is 12.2. The normalized spacial score (nSPS) is 17.2. The van der Waals surface area contributed by atoms with E-state index >= 15 is 0 Å². The van der Waals surface area contributed by atoms with Crippen molar-refractivity contribution in [2.75, 3.05) is 11.9 Å². The number of amides is 1. The first-order valence-electron chi connectivity index (χ1n) is 9.14. The summed E-state index contributed by atoms with van der Waals surface area (Å²) < 4.78 is 27.3. The fourth-order valence-electron chi connectivity index (χ4n) is 3.30. The summed E-state index contributed by atoms with van der Waals surface area (Å²) in [6, 6.07) is 12.4. The molecular weight excluding hydrogens is 465 g/mol. The van der Waals surface area contributed by atoms with Gasteiger partial charge in [0.05, 0.1) is 10.6 Å². The van der Waals surface area contributed by atoms with Gasteiger partial charge in [-0.15, -0.1) is 11.3 Å². The third-order valence-corrected chi connectivity index (χ3v) is 7.98. The molecule has 1 N–H and O–H groups in total. The highest BCUT2D eigenvalue weighted by Crippen LogP contribution is 2.29. The summed E-state index contributed by atoms with van der Waals surface area (Å²) in [5.41, 5.74) is 1.59. The molecule has 0 saturated carbocycles. The summed E-state index contributed by atoms with van der Waals surface area (Å²) in [5, 5.41) is 6.09. The van der Waals surface area contributed by atoms with Gasteiger partial charge in [0.1, 0.15) is 6.04 Å². The minimum Gasteiger partial charge on any atom is -0.301 e. The van der Waals surface area contributed by atoms with Gasteiger partial charge in [-0.05, 0) is 49.2 Å². The zero-order valence-corrected chi connectivity index (χ0v) is 18.7. The number of sulfonamides is 1. The lowest BCUT2D eigenvalue weighted by molar-refractivity contribution is -0.119. The number of anilines is 1. The number of carbonyl (C=O) groups is 1. The van der Waals surface area contributed by atoms with E-state index in [1.54, 1.807) is 12.1 Å². The van der Waals surface area contributed by atoms with Crippen LogP contribution in [0.5, 0.6) is 0 Å². The van der Waals surface area contributed by atoms with Crippen LogP contribution >= 0.6 is 34.5 Å². The summed E-state index contributed by atoms with van der Waals surface area (Å²) in [6.07, 6.45) is 1.06. The Morgan fingerprint density at radius 1 is 1.07 bits per heavy atom. The lowest BCUT2D eigenvalue weighted by Gasteiger charge is -2.23. The van der Waals surface area contributed by atoms with Gasteiger partial charge in [-0.2, -0.15) is 4.31 Å². The van der Waals surface area contributed by atoms with Crippen molar-refractivity contribution in [3.8, 4) is 11.3 Å². The minimum absolute atomic E-state index is 0.117. The molecule has 2 heterocycles. The van der Waals surface area contributed by atoms with Crippen LogP contribution in [-0.2, 0) is 14.8 Å². The second kappa shape index (κ2) is 8.64. The van der Waals surface area contributed by atoms with Crippen molar-refractivity contribution in [1.29, 1.82) is 0 Å². The molecule has 0 radical (unpaired) electrons. The van der Waals surface area contributed by atoms with Crippen molar-refractivity contribution in [3.63, 3.8) is 0 Å². The van der Waals surface area contributed by atoms with E-state index in [-0.39, 0.29) is 17.3 Å². The van der Waals surface area contributed by atoms with Crippen LogP contribution in [0.15, 0.2) is 58.8 Å². The van der Waals surface area contributed by atoms with E-state index in [9.17, 15) is 13.2 Å². The summed E-state index contributed by atoms with van der Waals surface area (Å²) in [4.78, 5) is 17.4. The zero-order chi connectivity index (χ0) is 21.3. The molecule has 1 aliphatic heterocycles. The van der Waals surface area contributed by atoms with E-state index in [0.717, 1.165) is 5.56 Å². The lowest BCUT2D eigenvalue weighted by Crippen LogP contribution is -2.43. The van der Waals surface area contributed by atoms with E-state index in [1.807, 2.05) is 17.5 Å². The van der Waals surface area contributed by atoms with Gasteiger partial charge in [-0.1, -0.05) is 35.3 Å². The molecule has 3 aromatic rings. The number of nitrogens with zero attached hydrogens (tertiary/aromatic N) is 2. The molecule has 2 aromatic carbocycles. The number of thiazole rings is 1. The van der Waals surface area contributed by atoms with Crippen molar-refractivity contribution >= 4 is 55.6 Å². The standard InChI is InChI=1S/C20H17Cl2N3O3S2/c21-14-5-3-13(4-6-14)17-12-29-20(23-17)24-19(26)18-2-1-11-25(18)30(27,28)16-9-7-15(22)8-10-16/h3-10,12,18H,1-2,11H2,(H,23,24,26). The van der Waals surface area contributed by atoms with Crippen molar-refractivity contribution in [2.24, 2.45) is 0 Å². The highest BCUT2D eigenvalue weighted by Gasteiger charge is 2.39. The summed E-state index contributed by atoms with van der Waals surface area (Å²) in [6.45, 7) is 0.289. The molecule has 1 atom stereocenters. The van der Waals surface area contributed by atoms with E-state index in [4.69, 9.17) is 23.2 Å². The van der Waals surface area contributed by atoms with Crippen molar-refractivity contribution in [3.05, 3.63) is 64.0 Å². The van der Waals surface area contributed by atoms with E-state index in [0.29, 0.717) is 33.7 Å². The number of rotatable bonds is 5. The van der Waals surface area contributed by atoms with Crippen LogP contribution in [0.4, 0.5) is 5.13 Å². The second-order valence-corrected chi connectivity index (χ2v) is 10.4. The predicted octanol–water partition coefficient (Wildman–Crippen LogP) is 4.91. The Kier molecular flexibility index (Phi) is 6.13. The number of benzene rings is 2. The highest BCUT2D eigenvalue weighted by molar-refractivity contribution is 7.89. The molecule has 1 fully saturated rings. The van der Waals surface area contributed by atoms with Crippen molar-refractivity contribution in [2.45, 2.75) is 23.8 Å². The number of hydrogen-bond acceptors (Lipinski definition) is 5. The van der Waals surface area contributed by atoms with Gasteiger partial charge in [-0.25, -0.2) is 13.4 Å². The number of hydrogen-bond donors (Lipinski definition) is 1. The third kappa shape index (κ3) is 4.38. The maximum absolute atomic E-state index is 13.0. The van der Waals surface area contributed by atoms with Gasteiger partial charge in [-0.3, -0.25) is 4.79 Å². The SMILES string of the molecule is O=C(Nc1nc(-c2ccc(Cl)cc2)cs1)C1CCCN1S(=O)(=O)c1ccc(Cl)cc1. The van der Waals surface area contributed by atoms with E-state index < -0.39 is 16.1 Å². The smallest absolute Gasteiger partial charge is 0.244 e. The summed E-state index contributed by atoms with van der Waals surface area (Å²) in [7, 11) is -3.80. The molecule has 1 amide bonds. The molecule has 0 aliphatic carbocycles. The molecule has 1 aromatic heterocycles. The van der Waals surface area contributed by atoms with Gasteiger partial charge < -0.3 is 5.32 Å². The number of nitrogens with one attached hydrogen (secondary N) is 1. The van der Waals surface area contributed by atoms with Gasteiger partial charge in [0.15, 0.2) is 5.13 Å². The fraction of sp³-hybridized carbons (Fsp3) is 0.200. The third-order valence-electron chi connectivity index (χ3n) is 4.80. The molecular formula is C20H17Cl2N3O3S2. The quantitative estimate of drug-likeness (QED) is 0.561. The molecule has 0 spiro atoms. The Morgan fingerprint density at radius 2 is 1.70 bits per heavy atom. The molecule has 6 nitrogen and oxygen atoms in total. The number of halogens is 2. The average molecular weight is 482 g/mol. The average Bonchev–Trinajstić information content (AvgIpc) is 3.39. The maximum atomic E-state index is 13.0. The number of carbonyl (C=O) groups excluding carboxylic acids is 1. The van der Waals surface area contributed by atoms with E-state index in [1.165, 1.54) is 39.9 Å². The van der Waals surface area contributed by atoms with Gasteiger partial charge in [0, 0.05) is 27.5 Å². The number of aromatic nitrogens is 1. The highest BCUT2D eigenvalue weighted by atomic mass is 35.5. The van der Waals surface area contributed by atoms with Crippen LogP contribution < -0.4 is 5.32 Å². The summed E-state index contributed by atoms with van der Waals surface area (Å²) in [5.74, 6) is -0.387. The molecule has 1 saturated heterocycles. The maximum Gasteiger partial charge on any atom is 0.244 e. The molecule has 30 heavy (non-hydrogen) atoms. The largest absolute Gasteiger partial charge is 0.301 e. The first kappa shape index (κ1) is 21.3. The predicted molar refractivity (Wildman–Crippen MR) is 120 cm³/mol. The Bertz CT molecular complexity index is 1160. The van der Waals surface area contributed by atoms with E-state index in [2.05, 4.69) is 10.3 Å². The van der Waals surface area contributed by atoms with Crippen LogP contribution in [-0.4, -0.2) is 36.2 Å². The Hall–Kier alpha value is -1.97. The van der Waals surface area contributed by atoms with Crippen LogP contribution in [0.25, 0.3) is 11.3 Å². The molecule has 10 heteroatoms. The monoisotopic (exact) mass is 481 g/mol. The van der Waals surface area contributed by atoms with Crippen LogP contribution in [0.1, 0.15) is 12.8 Å². The Labute approximate surface area is 188 Å². The van der Waals surface area contributed by atoms with Crippen LogP contribution in [0.3, 0.4) is 0 Å². The first-order chi connectivity index (χ1) is 14.3. The fourth-order valence-corrected chi connectivity index (χ4v) is 5.94. The van der Waals surface area contributed by atoms with Crippen LogP contribution in [0, 0.1) is 0 Å². The molecule has 4 rings (SSSR count). The molecule has 156 valence electrons. The van der Waals surface area contributed by atoms with Crippen molar-refractivity contribution in [1.82, 2.24) is 9.29 Å². The Balaban J connectivity index is 1.50. The molecule has 0 bridgehead atoms. The molecule has 1 aliphatic rings. The minimum atomic E-state index is -3.80. The summed E-state index contributed by atoms with van der Waals surface area (Å²) >= 11 is 13.1. The lowest BCUT2D eigenvalue weighted by atomic mass is 10.2. The Morgan fingerprint density at radius 3 is 2.37 bits per heavy atom. The topological polar surface area (TPSA) is 79.4 Å².